The van der Waals surface area contributed by atoms with E-state index in [9.17, 15) is 9.59 Å². The van der Waals surface area contributed by atoms with Crippen molar-refractivity contribution in [3.63, 3.8) is 0 Å². The van der Waals surface area contributed by atoms with Gasteiger partial charge < -0.3 is 25.3 Å². The lowest BCUT2D eigenvalue weighted by Gasteiger charge is -2.16. The van der Waals surface area contributed by atoms with Gasteiger partial charge in [-0.15, -0.1) is 0 Å². The number of amides is 1. The summed E-state index contributed by atoms with van der Waals surface area (Å²) in [6.45, 7) is 0.0184. The maximum atomic E-state index is 12.1. The molecule has 110 valence electrons. The summed E-state index contributed by atoms with van der Waals surface area (Å²) in [5.74, 6) is -0.641. The predicted octanol–water partition coefficient (Wildman–Crippen LogP) is 0.195. The Morgan fingerprint density at radius 2 is 2.00 bits per heavy atom. The lowest BCUT2D eigenvalue weighted by molar-refractivity contribution is -0.144. The molecule has 0 spiro atoms. The van der Waals surface area contributed by atoms with Gasteiger partial charge >= 0.3 is 5.97 Å². The van der Waals surface area contributed by atoms with Crippen LogP contribution in [0.15, 0.2) is 18.2 Å². The number of esters is 1. The Bertz CT molecular complexity index is 490. The first-order valence-corrected chi connectivity index (χ1v) is 5.84. The van der Waals surface area contributed by atoms with Crippen LogP contribution in [-0.2, 0) is 14.3 Å². The Kier molecular flexibility index (Phi) is 5.79. The number of nitrogen functional groups attached to an aromatic ring is 1. The van der Waals surface area contributed by atoms with Crippen LogP contribution in [0.5, 0.6) is 5.75 Å². The van der Waals surface area contributed by atoms with Gasteiger partial charge in [-0.05, 0) is 18.2 Å². The van der Waals surface area contributed by atoms with E-state index in [0.717, 1.165) is 0 Å². The SMILES string of the molecule is COC[C@@H](NC(=O)c1ccc(N)c(OC)c1)C(=O)OC. The molecular weight excluding hydrogens is 264 g/mol. The van der Waals surface area contributed by atoms with Crippen LogP contribution in [0, 0.1) is 0 Å². The van der Waals surface area contributed by atoms with E-state index in [2.05, 4.69) is 10.1 Å². The van der Waals surface area contributed by atoms with Crippen LogP contribution in [0.25, 0.3) is 0 Å². The number of carbonyl (C=O) groups is 2. The molecule has 1 amide bonds. The molecule has 0 fully saturated rings. The zero-order valence-corrected chi connectivity index (χ0v) is 11.6. The van der Waals surface area contributed by atoms with Crippen LogP contribution in [0.1, 0.15) is 10.4 Å². The number of methoxy groups -OCH3 is 3. The van der Waals surface area contributed by atoms with E-state index in [1.54, 1.807) is 6.07 Å². The minimum absolute atomic E-state index is 0.0184. The molecule has 0 aliphatic heterocycles. The van der Waals surface area contributed by atoms with Crippen molar-refractivity contribution in [2.75, 3.05) is 33.7 Å². The molecule has 7 nitrogen and oxygen atoms in total. The molecule has 0 unspecified atom stereocenters. The van der Waals surface area contributed by atoms with Crippen molar-refractivity contribution in [3.8, 4) is 5.75 Å². The molecule has 1 atom stereocenters. The fourth-order valence-electron chi connectivity index (χ4n) is 1.57. The Morgan fingerprint density at radius 3 is 2.55 bits per heavy atom. The Balaban J connectivity index is 2.86. The fourth-order valence-corrected chi connectivity index (χ4v) is 1.57. The molecule has 1 aromatic rings. The van der Waals surface area contributed by atoms with Gasteiger partial charge in [-0.2, -0.15) is 0 Å². The largest absolute Gasteiger partial charge is 0.495 e. The molecule has 7 heteroatoms. The third-order valence-electron chi connectivity index (χ3n) is 2.62. The third kappa shape index (κ3) is 3.86. The lowest BCUT2D eigenvalue weighted by atomic mass is 10.1. The van der Waals surface area contributed by atoms with Gasteiger partial charge in [0.25, 0.3) is 5.91 Å². The molecule has 0 radical (unpaired) electrons. The Labute approximate surface area is 117 Å². The monoisotopic (exact) mass is 282 g/mol. The van der Waals surface area contributed by atoms with Crippen LogP contribution in [0.4, 0.5) is 5.69 Å². The third-order valence-corrected chi connectivity index (χ3v) is 2.62. The lowest BCUT2D eigenvalue weighted by Crippen LogP contribution is -2.44. The van der Waals surface area contributed by atoms with Crippen LogP contribution in [0.2, 0.25) is 0 Å². The highest BCUT2D eigenvalue weighted by Crippen LogP contribution is 2.22. The minimum Gasteiger partial charge on any atom is -0.495 e. The maximum Gasteiger partial charge on any atom is 0.330 e. The maximum absolute atomic E-state index is 12.1. The Morgan fingerprint density at radius 1 is 1.30 bits per heavy atom. The zero-order chi connectivity index (χ0) is 15.1. The standard InChI is InChI=1S/C13H18N2O5/c1-18-7-10(13(17)20-3)15-12(16)8-4-5-9(14)11(6-8)19-2/h4-6,10H,7,14H2,1-3H3,(H,15,16)/t10-/m1/s1. The van der Waals surface area contributed by atoms with Crippen molar-refractivity contribution in [2.24, 2.45) is 0 Å². The molecule has 0 saturated heterocycles. The highest BCUT2D eigenvalue weighted by molar-refractivity contribution is 5.97. The summed E-state index contributed by atoms with van der Waals surface area (Å²) >= 11 is 0. The van der Waals surface area contributed by atoms with Crippen molar-refractivity contribution in [1.29, 1.82) is 0 Å². The number of hydrogen-bond donors (Lipinski definition) is 2. The summed E-state index contributed by atoms with van der Waals surface area (Å²) in [5.41, 5.74) is 6.41. The number of hydrogen-bond acceptors (Lipinski definition) is 6. The van der Waals surface area contributed by atoms with Crippen LogP contribution < -0.4 is 15.8 Å². The fraction of sp³-hybridized carbons (Fsp3) is 0.385. The van der Waals surface area contributed by atoms with Crippen LogP contribution >= 0.6 is 0 Å². The molecule has 1 rings (SSSR count). The van der Waals surface area contributed by atoms with Gasteiger partial charge in [0.05, 0.1) is 26.5 Å². The van der Waals surface area contributed by atoms with E-state index in [0.29, 0.717) is 17.0 Å². The summed E-state index contributed by atoms with van der Waals surface area (Å²) in [7, 11) is 4.12. The minimum atomic E-state index is -0.874. The smallest absolute Gasteiger partial charge is 0.330 e. The second-order valence-electron chi connectivity index (χ2n) is 3.96. The summed E-state index contributed by atoms with van der Waals surface area (Å²) in [6.07, 6.45) is 0. The highest BCUT2D eigenvalue weighted by atomic mass is 16.5. The van der Waals surface area contributed by atoms with E-state index in [-0.39, 0.29) is 6.61 Å². The van der Waals surface area contributed by atoms with E-state index in [1.165, 1.54) is 33.5 Å². The van der Waals surface area contributed by atoms with Gasteiger partial charge in [-0.1, -0.05) is 0 Å². The molecule has 0 aromatic heterocycles. The average Bonchev–Trinajstić information content (AvgIpc) is 2.46. The predicted molar refractivity (Wildman–Crippen MR) is 72.6 cm³/mol. The molecule has 0 saturated carbocycles. The van der Waals surface area contributed by atoms with E-state index in [4.69, 9.17) is 15.2 Å². The number of carbonyl (C=O) groups excluding carboxylic acids is 2. The van der Waals surface area contributed by atoms with Crippen LogP contribution in [0.3, 0.4) is 0 Å². The quantitative estimate of drug-likeness (QED) is 0.571. The van der Waals surface area contributed by atoms with Crippen molar-refractivity contribution >= 4 is 17.6 Å². The topological polar surface area (TPSA) is 99.9 Å². The first-order valence-electron chi connectivity index (χ1n) is 5.84. The van der Waals surface area contributed by atoms with E-state index < -0.39 is 17.9 Å². The number of benzene rings is 1. The summed E-state index contributed by atoms with van der Waals surface area (Å²) in [5, 5.41) is 2.52. The van der Waals surface area contributed by atoms with Crippen LogP contribution in [-0.4, -0.2) is 45.9 Å². The zero-order valence-electron chi connectivity index (χ0n) is 11.6. The molecule has 0 aliphatic rings. The number of nitrogens with two attached hydrogens (primary N) is 1. The molecule has 0 aliphatic carbocycles. The summed E-state index contributed by atoms with van der Waals surface area (Å²) < 4.78 is 14.5. The van der Waals surface area contributed by atoms with Gasteiger partial charge in [-0.3, -0.25) is 4.79 Å². The molecule has 0 heterocycles. The first-order chi connectivity index (χ1) is 9.53. The first kappa shape index (κ1) is 15.8. The van der Waals surface area contributed by atoms with Gasteiger partial charge in [0, 0.05) is 12.7 Å². The van der Waals surface area contributed by atoms with Gasteiger partial charge in [-0.25, -0.2) is 4.79 Å². The average molecular weight is 282 g/mol. The van der Waals surface area contributed by atoms with Crippen molar-refractivity contribution in [2.45, 2.75) is 6.04 Å². The second-order valence-corrected chi connectivity index (χ2v) is 3.96. The molecule has 3 N–H and O–H groups in total. The summed E-state index contributed by atoms with van der Waals surface area (Å²) in [4.78, 5) is 23.5. The van der Waals surface area contributed by atoms with Gasteiger partial charge in [0.1, 0.15) is 5.75 Å². The number of rotatable bonds is 6. The number of anilines is 1. The van der Waals surface area contributed by atoms with Crippen molar-refractivity contribution in [1.82, 2.24) is 5.32 Å². The van der Waals surface area contributed by atoms with Gasteiger partial charge in [0.15, 0.2) is 6.04 Å². The molecule has 20 heavy (non-hydrogen) atoms. The molecular formula is C13H18N2O5. The highest BCUT2D eigenvalue weighted by Gasteiger charge is 2.22. The number of nitrogens with one attached hydrogen (secondary N) is 1. The van der Waals surface area contributed by atoms with Crippen molar-refractivity contribution in [3.05, 3.63) is 23.8 Å². The van der Waals surface area contributed by atoms with E-state index in [1.807, 2.05) is 0 Å². The summed E-state index contributed by atoms with van der Waals surface area (Å²) in [6, 6.07) is 3.71. The molecule has 1 aromatic carbocycles. The number of ether oxygens (including phenoxy) is 3. The second kappa shape index (κ2) is 7.34. The van der Waals surface area contributed by atoms with Crippen molar-refractivity contribution < 1.29 is 23.8 Å². The Hall–Kier alpha value is -2.28. The molecule has 0 bridgehead atoms. The normalized spacial score (nSPS) is 11.6. The van der Waals surface area contributed by atoms with E-state index >= 15 is 0 Å². The van der Waals surface area contributed by atoms with Gasteiger partial charge in [0.2, 0.25) is 0 Å².